The van der Waals surface area contributed by atoms with Gasteiger partial charge >= 0.3 is 5.97 Å². The smallest absolute Gasteiger partial charge is 0.338 e. The van der Waals surface area contributed by atoms with Crippen LogP contribution in [0.4, 0.5) is 5.69 Å². The Morgan fingerprint density at radius 1 is 1.00 bits per heavy atom. The van der Waals surface area contributed by atoms with E-state index in [4.69, 9.17) is 14.2 Å². The largest absolute Gasteiger partial charge is 0.486 e. The lowest BCUT2D eigenvalue weighted by Crippen LogP contribution is -2.30. The van der Waals surface area contributed by atoms with Crippen LogP contribution in [0.15, 0.2) is 66.7 Å². The number of hydrogen-bond acceptors (Lipinski definition) is 6. The number of esters is 1. The molecule has 0 radical (unpaired) electrons. The van der Waals surface area contributed by atoms with Gasteiger partial charge in [-0.15, -0.1) is 0 Å². The van der Waals surface area contributed by atoms with Crippen LogP contribution >= 0.6 is 0 Å². The molecule has 1 unspecified atom stereocenters. The first-order valence-corrected chi connectivity index (χ1v) is 10.5. The van der Waals surface area contributed by atoms with E-state index in [2.05, 4.69) is 15.3 Å². The summed E-state index contributed by atoms with van der Waals surface area (Å²) in [5, 5.41) is 2.73. The highest BCUT2D eigenvalue weighted by Gasteiger charge is 2.21. The highest BCUT2D eigenvalue weighted by atomic mass is 16.6. The van der Waals surface area contributed by atoms with E-state index in [1.807, 2.05) is 30.3 Å². The van der Waals surface area contributed by atoms with E-state index < -0.39 is 18.0 Å². The van der Waals surface area contributed by atoms with Gasteiger partial charge < -0.3 is 24.5 Å². The number of carbonyl (C=O) groups excluding carboxylic acids is 2. The van der Waals surface area contributed by atoms with E-state index in [0.717, 1.165) is 11.1 Å². The second-order valence-electron chi connectivity index (χ2n) is 7.58. The van der Waals surface area contributed by atoms with Crippen LogP contribution in [0, 0.1) is 0 Å². The fraction of sp³-hybridized carbons (Fsp3) is 0.160. The maximum Gasteiger partial charge on any atom is 0.338 e. The van der Waals surface area contributed by atoms with E-state index in [0.29, 0.717) is 47.3 Å². The zero-order valence-electron chi connectivity index (χ0n) is 17.8. The van der Waals surface area contributed by atoms with Crippen LogP contribution in [0.3, 0.4) is 0 Å². The summed E-state index contributed by atoms with van der Waals surface area (Å²) in [4.78, 5) is 33.0. The molecule has 33 heavy (non-hydrogen) atoms. The molecule has 2 heterocycles. The Balaban J connectivity index is 1.26. The van der Waals surface area contributed by atoms with Crippen molar-refractivity contribution in [2.75, 3.05) is 18.5 Å². The highest BCUT2D eigenvalue weighted by molar-refractivity contribution is 5.99. The molecule has 0 fully saturated rings. The third-order valence-corrected chi connectivity index (χ3v) is 5.23. The normalized spacial score (nSPS) is 13.4. The number of hydrogen-bond donors (Lipinski definition) is 2. The average molecular weight is 443 g/mol. The molecule has 1 amide bonds. The Labute approximate surface area is 189 Å². The van der Waals surface area contributed by atoms with Crippen molar-refractivity contribution < 1.29 is 23.8 Å². The van der Waals surface area contributed by atoms with E-state index in [1.165, 1.54) is 6.92 Å². The van der Waals surface area contributed by atoms with Crippen LogP contribution in [0.1, 0.15) is 17.3 Å². The van der Waals surface area contributed by atoms with Gasteiger partial charge in [-0.25, -0.2) is 9.78 Å². The highest BCUT2D eigenvalue weighted by Crippen LogP contribution is 2.32. The van der Waals surface area contributed by atoms with Gasteiger partial charge in [0.15, 0.2) is 17.6 Å². The summed E-state index contributed by atoms with van der Waals surface area (Å²) in [5.41, 5.74) is 3.23. The summed E-state index contributed by atoms with van der Waals surface area (Å²) in [6.45, 7) is 2.46. The number of aromatic amines is 1. The number of carbonyl (C=O) groups is 2. The first-order chi connectivity index (χ1) is 16.1. The summed E-state index contributed by atoms with van der Waals surface area (Å²) < 4.78 is 16.4. The first-order valence-electron chi connectivity index (χ1n) is 10.5. The third kappa shape index (κ3) is 4.36. The van der Waals surface area contributed by atoms with Crippen molar-refractivity contribution in [1.29, 1.82) is 0 Å². The Hall–Kier alpha value is -4.33. The van der Waals surface area contributed by atoms with Crippen molar-refractivity contribution >= 4 is 28.6 Å². The van der Waals surface area contributed by atoms with Gasteiger partial charge in [-0.05, 0) is 37.3 Å². The Morgan fingerprint density at radius 2 is 1.79 bits per heavy atom. The lowest BCUT2D eigenvalue weighted by atomic mass is 10.2. The lowest BCUT2D eigenvalue weighted by Gasteiger charge is -2.19. The van der Waals surface area contributed by atoms with Gasteiger partial charge in [-0.3, -0.25) is 4.79 Å². The minimum Gasteiger partial charge on any atom is -0.486 e. The lowest BCUT2D eigenvalue weighted by molar-refractivity contribution is -0.123. The van der Waals surface area contributed by atoms with Gasteiger partial charge in [0.2, 0.25) is 0 Å². The fourth-order valence-electron chi connectivity index (χ4n) is 3.52. The van der Waals surface area contributed by atoms with E-state index >= 15 is 0 Å². The number of ether oxygens (including phenoxy) is 3. The van der Waals surface area contributed by atoms with Crippen LogP contribution in [0.5, 0.6) is 11.5 Å². The number of benzene rings is 3. The zero-order valence-corrected chi connectivity index (χ0v) is 17.8. The molecule has 0 bridgehead atoms. The SMILES string of the molecule is CC(OC(=O)c1ccc2nc(-c3ccccc3)[nH]c2c1)C(=O)Nc1ccc2c(c1)OCCO2. The molecule has 8 heteroatoms. The Morgan fingerprint density at radius 3 is 2.61 bits per heavy atom. The maximum atomic E-state index is 12.7. The zero-order chi connectivity index (χ0) is 22.8. The van der Waals surface area contributed by atoms with Gasteiger partial charge in [-0.2, -0.15) is 0 Å². The third-order valence-electron chi connectivity index (χ3n) is 5.23. The van der Waals surface area contributed by atoms with Gasteiger partial charge in [0, 0.05) is 17.3 Å². The van der Waals surface area contributed by atoms with Gasteiger partial charge in [-0.1, -0.05) is 30.3 Å². The number of H-pyrrole nitrogens is 1. The summed E-state index contributed by atoms with van der Waals surface area (Å²) >= 11 is 0. The molecule has 166 valence electrons. The topological polar surface area (TPSA) is 103 Å². The summed E-state index contributed by atoms with van der Waals surface area (Å²) in [7, 11) is 0. The molecule has 1 aliphatic heterocycles. The molecule has 1 aliphatic rings. The summed E-state index contributed by atoms with van der Waals surface area (Å²) in [6.07, 6.45) is -0.997. The number of nitrogens with zero attached hydrogens (tertiary/aromatic N) is 1. The average Bonchev–Trinajstić information content (AvgIpc) is 3.28. The van der Waals surface area contributed by atoms with Crippen molar-refractivity contribution in [3.63, 3.8) is 0 Å². The predicted octanol–water partition coefficient (Wildman–Crippen LogP) is 4.19. The van der Waals surface area contributed by atoms with Crippen molar-refractivity contribution in [1.82, 2.24) is 9.97 Å². The Kier molecular flexibility index (Phi) is 5.40. The molecular formula is C25H21N3O5. The molecule has 0 saturated heterocycles. The van der Waals surface area contributed by atoms with Gasteiger partial charge in [0.1, 0.15) is 19.0 Å². The van der Waals surface area contributed by atoms with Crippen LogP contribution in [0.25, 0.3) is 22.4 Å². The number of nitrogens with one attached hydrogen (secondary N) is 2. The molecule has 0 saturated carbocycles. The number of aromatic nitrogens is 2. The molecule has 2 N–H and O–H groups in total. The summed E-state index contributed by atoms with van der Waals surface area (Å²) in [6, 6.07) is 19.9. The molecule has 4 aromatic rings. The molecule has 1 atom stereocenters. The standard InChI is InChI=1S/C25H21N3O5/c1-15(24(29)26-18-8-10-21-22(14-18)32-12-11-31-21)33-25(30)17-7-9-19-20(13-17)28-23(27-19)16-5-3-2-4-6-16/h2-10,13-15H,11-12H2,1H3,(H,26,29)(H,27,28). The second-order valence-corrected chi connectivity index (χ2v) is 7.58. The number of rotatable bonds is 5. The van der Waals surface area contributed by atoms with Gasteiger partial charge in [0.25, 0.3) is 5.91 Å². The molecule has 8 nitrogen and oxygen atoms in total. The summed E-state index contributed by atoms with van der Waals surface area (Å²) in [5.74, 6) is 0.852. The second kappa shape index (κ2) is 8.66. The fourth-order valence-corrected chi connectivity index (χ4v) is 3.52. The molecular weight excluding hydrogens is 422 g/mol. The van der Waals surface area contributed by atoms with Crippen LogP contribution < -0.4 is 14.8 Å². The first kappa shape index (κ1) is 20.6. The van der Waals surface area contributed by atoms with E-state index in [-0.39, 0.29) is 0 Å². The van der Waals surface area contributed by atoms with Gasteiger partial charge in [0.05, 0.1) is 16.6 Å². The van der Waals surface area contributed by atoms with E-state index in [9.17, 15) is 9.59 Å². The number of amides is 1. The van der Waals surface area contributed by atoms with Crippen molar-refractivity contribution in [3.8, 4) is 22.9 Å². The van der Waals surface area contributed by atoms with Crippen LogP contribution in [-0.2, 0) is 9.53 Å². The van der Waals surface area contributed by atoms with Crippen LogP contribution in [-0.4, -0.2) is 41.2 Å². The number of anilines is 1. The molecule has 0 aliphatic carbocycles. The number of fused-ring (bicyclic) bond motifs is 2. The molecule has 5 rings (SSSR count). The van der Waals surface area contributed by atoms with E-state index in [1.54, 1.807) is 36.4 Å². The minimum atomic E-state index is -0.997. The van der Waals surface area contributed by atoms with Crippen molar-refractivity contribution in [2.24, 2.45) is 0 Å². The molecule has 1 aromatic heterocycles. The Bertz CT molecular complexity index is 1330. The maximum absolute atomic E-state index is 12.7. The molecule has 3 aromatic carbocycles. The quantitative estimate of drug-likeness (QED) is 0.449. The van der Waals surface area contributed by atoms with Crippen LogP contribution in [0.2, 0.25) is 0 Å². The van der Waals surface area contributed by atoms with Crippen molar-refractivity contribution in [3.05, 3.63) is 72.3 Å². The minimum absolute atomic E-state index is 0.324. The van der Waals surface area contributed by atoms with Crippen molar-refractivity contribution in [2.45, 2.75) is 13.0 Å². The number of imidazole rings is 1. The predicted molar refractivity (Wildman–Crippen MR) is 122 cm³/mol. The monoisotopic (exact) mass is 443 g/mol. The molecule has 0 spiro atoms.